The van der Waals surface area contributed by atoms with Gasteiger partial charge in [0.2, 0.25) is 0 Å². The molecule has 2 aromatic carbocycles. The van der Waals surface area contributed by atoms with Gasteiger partial charge < -0.3 is 4.74 Å². The first-order valence-corrected chi connectivity index (χ1v) is 9.01. The molecule has 0 unspecified atom stereocenters. The molecule has 0 bridgehead atoms. The van der Waals surface area contributed by atoms with Crippen LogP contribution in [0.4, 0.5) is 0 Å². The lowest BCUT2D eigenvalue weighted by Gasteiger charge is -2.34. The fraction of sp³-hybridized carbons (Fsp3) is 0.409. The summed E-state index contributed by atoms with van der Waals surface area (Å²) < 4.78 is 5.34. The van der Waals surface area contributed by atoms with Gasteiger partial charge in [-0.2, -0.15) is 0 Å². The van der Waals surface area contributed by atoms with Gasteiger partial charge in [-0.3, -0.25) is 9.69 Å². The zero-order valence-electron chi connectivity index (χ0n) is 15.7. The highest BCUT2D eigenvalue weighted by atomic mass is 16.5. The van der Waals surface area contributed by atoms with Crippen molar-refractivity contribution in [2.75, 3.05) is 0 Å². The number of hydrogen-bond acceptors (Lipinski definition) is 3. The number of rotatable bonds is 8. The second kappa shape index (κ2) is 9.38. The van der Waals surface area contributed by atoms with Crippen molar-refractivity contribution < 1.29 is 9.53 Å². The van der Waals surface area contributed by atoms with Gasteiger partial charge in [-0.1, -0.05) is 60.7 Å². The molecule has 2 rings (SSSR count). The van der Waals surface area contributed by atoms with E-state index in [4.69, 9.17) is 4.74 Å². The van der Waals surface area contributed by atoms with Crippen LogP contribution in [-0.4, -0.2) is 23.0 Å². The normalized spacial score (nSPS) is 13.7. The number of carbonyl (C=O) groups is 1. The zero-order valence-corrected chi connectivity index (χ0v) is 15.7. The van der Waals surface area contributed by atoms with Crippen LogP contribution in [0.5, 0.6) is 0 Å². The molecule has 0 heterocycles. The van der Waals surface area contributed by atoms with Gasteiger partial charge in [-0.25, -0.2) is 0 Å². The lowest BCUT2D eigenvalue weighted by molar-refractivity contribution is -0.149. The van der Waals surface area contributed by atoms with Crippen molar-refractivity contribution in [3.63, 3.8) is 0 Å². The summed E-state index contributed by atoms with van der Waals surface area (Å²) in [7, 11) is 0. The minimum Gasteiger partial charge on any atom is -0.463 e. The predicted octanol–water partition coefficient (Wildman–Crippen LogP) is 4.98. The summed E-state index contributed by atoms with van der Waals surface area (Å²) in [6.07, 6.45) is 0.316. The van der Waals surface area contributed by atoms with E-state index in [0.29, 0.717) is 6.42 Å². The molecule has 134 valence electrons. The molecule has 0 aliphatic rings. The van der Waals surface area contributed by atoms with Crippen LogP contribution in [0.15, 0.2) is 60.7 Å². The first-order chi connectivity index (χ1) is 12.0. The Bertz CT molecular complexity index is 640. The highest BCUT2D eigenvalue weighted by Gasteiger charge is 2.24. The third kappa shape index (κ3) is 6.02. The van der Waals surface area contributed by atoms with E-state index in [1.54, 1.807) is 0 Å². The van der Waals surface area contributed by atoms with E-state index in [9.17, 15) is 4.79 Å². The SMILES string of the molecule is CC(C)OC(=O)C[C@H](C)N(Cc1ccccc1)[C@@H](C)c1ccccc1. The van der Waals surface area contributed by atoms with E-state index in [1.165, 1.54) is 11.1 Å². The summed E-state index contributed by atoms with van der Waals surface area (Å²) in [5, 5.41) is 0. The second-order valence-corrected chi connectivity index (χ2v) is 6.84. The highest BCUT2D eigenvalue weighted by Crippen LogP contribution is 2.26. The number of ether oxygens (including phenoxy) is 1. The molecule has 0 spiro atoms. The molecule has 0 aromatic heterocycles. The summed E-state index contributed by atoms with van der Waals surface area (Å²) in [6.45, 7) is 8.87. The van der Waals surface area contributed by atoms with Gasteiger partial charge in [0.1, 0.15) is 0 Å². The molecule has 0 radical (unpaired) electrons. The topological polar surface area (TPSA) is 29.5 Å². The van der Waals surface area contributed by atoms with Crippen molar-refractivity contribution in [3.05, 3.63) is 71.8 Å². The van der Waals surface area contributed by atoms with Gasteiger partial charge in [0.25, 0.3) is 0 Å². The van der Waals surface area contributed by atoms with Gasteiger partial charge in [0, 0.05) is 18.6 Å². The van der Waals surface area contributed by atoms with Crippen molar-refractivity contribution >= 4 is 5.97 Å². The van der Waals surface area contributed by atoms with Crippen LogP contribution in [0, 0.1) is 0 Å². The maximum absolute atomic E-state index is 12.1. The van der Waals surface area contributed by atoms with E-state index in [2.05, 4.69) is 67.3 Å². The molecule has 0 saturated heterocycles. The van der Waals surface area contributed by atoms with Crippen molar-refractivity contribution in [2.24, 2.45) is 0 Å². The van der Waals surface area contributed by atoms with Gasteiger partial charge in [0.15, 0.2) is 0 Å². The maximum atomic E-state index is 12.1. The van der Waals surface area contributed by atoms with Crippen LogP contribution in [0.2, 0.25) is 0 Å². The number of nitrogens with zero attached hydrogens (tertiary/aromatic N) is 1. The predicted molar refractivity (Wildman–Crippen MR) is 102 cm³/mol. The van der Waals surface area contributed by atoms with Gasteiger partial charge in [-0.15, -0.1) is 0 Å². The Hall–Kier alpha value is -2.13. The van der Waals surface area contributed by atoms with Crippen molar-refractivity contribution in [2.45, 2.75) is 58.8 Å². The number of carbonyl (C=O) groups excluding carboxylic acids is 1. The summed E-state index contributed by atoms with van der Waals surface area (Å²) in [6, 6.07) is 21.1. The molecule has 0 fully saturated rings. The minimum absolute atomic E-state index is 0.0752. The molecule has 2 aromatic rings. The summed E-state index contributed by atoms with van der Waals surface area (Å²) in [5.74, 6) is -0.138. The molecule has 2 atom stereocenters. The Balaban J connectivity index is 2.17. The zero-order chi connectivity index (χ0) is 18.2. The van der Waals surface area contributed by atoms with E-state index < -0.39 is 0 Å². The molecule has 0 aliphatic carbocycles. The third-order valence-electron chi connectivity index (χ3n) is 4.38. The van der Waals surface area contributed by atoms with Gasteiger partial charge in [-0.05, 0) is 38.8 Å². The molecule has 0 N–H and O–H groups in total. The fourth-order valence-corrected chi connectivity index (χ4v) is 3.06. The number of hydrogen-bond donors (Lipinski definition) is 0. The average molecular weight is 339 g/mol. The standard InChI is InChI=1S/C22H29NO2/c1-17(2)25-22(24)15-18(3)23(16-20-11-7-5-8-12-20)19(4)21-13-9-6-10-14-21/h5-14,17-19H,15-16H2,1-4H3/t18-,19-/m0/s1. The minimum atomic E-state index is -0.138. The largest absolute Gasteiger partial charge is 0.463 e. The van der Waals surface area contributed by atoms with Crippen LogP contribution in [0.1, 0.15) is 51.3 Å². The highest BCUT2D eigenvalue weighted by molar-refractivity contribution is 5.70. The van der Waals surface area contributed by atoms with Gasteiger partial charge >= 0.3 is 5.97 Å². The molecule has 0 aliphatic heterocycles. The average Bonchev–Trinajstić information content (AvgIpc) is 2.60. The van der Waals surface area contributed by atoms with Crippen molar-refractivity contribution in [1.29, 1.82) is 0 Å². The molecule has 3 nitrogen and oxygen atoms in total. The third-order valence-corrected chi connectivity index (χ3v) is 4.38. The lowest BCUT2D eigenvalue weighted by atomic mass is 10.0. The summed E-state index contributed by atoms with van der Waals surface area (Å²) in [4.78, 5) is 14.5. The molecule has 0 saturated carbocycles. The summed E-state index contributed by atoms with van der Waals surface area (Å²) in [5.41, 5.74) is 2.50. The fourth-order valence-electron chi connectivity index (χ4n) is 3.06. The first-order valence-electron chi connectivity index (χ1n) is 9.01. The lowest BCUT2D eigenvalue weighted by Crippen LogP contribution is -2.37. The van der Waals surface area contributed by atoms with Crippen LogP contribution in [0.3, 0.4) is 0 Å². The Labute approximate surface area is 151 Å². The van der Waals surface area contributed by atoms with Gasteiger partial charge in [0.05, 0.1) is 12.5 Å². The van der Waals surface area contributed by atoms with Crippen LogP contribution < -0.4 is 0 Å². The van der Waals surface area contributed by atoms with Crippen molar-refractivity contribution in [3.8, 4) is 0 Å². The molecule has 25 heavy (non-hydrogen) atoms. The second-order valence-electron chi connectivity index (χ2n) is 6.84. The van der Waals surface area contributed by atoms with Crippen molar-refractivity contribution in [1.82, 2.24) is 4.90 Å². The Morgan fingerprint density at radius 1 is 0.920 bits per heavy atom. The molecular formula is C22H29NO2. The molecular weight excluding hydrogens is 310 g/mol. The molecule has 0 amide bonds. The number of benzene rings is 2. The van der Waals surface area contributed by atoms with E-state index >= 15 is 0 Å². The summed E-state index contributed by atoms with van der Waals surface area (Å²) >= 11 is 0. The number of esters is 1. The van der Waals surface area contributed by atoms with E-state index in [1.807, 2.05) is 26.0 Å². The quantitative estimate of drug-likeness (QED) is 0.635. The van der Waals surface area contributed by atoms with E-state index in [-0.39, 0.29) is 24.2 Å². The molecule has 3 heteroatoms. The monoisotopic (exact) mass is 339 g/mol. The maximum Gasteiger partial charge on any atom is 0.307 e. The Kier molecular flexibility index (Phi) is 7.20. The van der Waals surface area contributed by atoms with Crippen LogP contribution in [0.25, 0.3) is 0 Å². The van der Waals surface area contributed by atoms with Crippen LogP contribution in [-0.2, 0) is 16.1 Å². The van der Waals surface area contributed by atoms with Crippen LogP contribution >= 0.6 is 0 Å². The first kappa shape index (κ1) is 19.2. The Morgan fingerprint density at radius 2 is 1.48 bits per heavy atom. The van der Waals surface area contributed by atoms with E-state index in [0.717, 1.165) is 6.54 Å². The Morgan fingerprint density at radius 3 is 2.04 bits per heavy atom. The smallest absolute Gasteiger partial charge is 0.307 e.